The predicted molar refractivity (Wildman–Crippen MR) is 76.2 cm³/mol. The monoisotopic (exact) mass is 288 g/mol. The van der Waals surface area contributed by atoms with Crippen LogP contribution in [0.5, 0.6) is 0 Å². The van der Waals surface area contributed by atoms with Crippen LogP contribution in [0, 0.1) is 0 Å². The second kappa shape index (κ2) is 5.75. The van der Waals surface area contributed by atoms with Gasteiger partial charge in [-0.05, 0) is 0 Å². The van der Waals surface area contributed by atoms with Gasteiger partial charge >= 0.3 is 0 Å². The van der Waals surface area contributed by atoms with E-state index < -0.39 is 0 Å². The van der Waals surface area contributed by atoms with Crippen LogP contribution in [0.4, 0.5) is 5.13 Å². The van der Waals surface area contributed by atoms with Gasteiger partial charge in [0.05, 0.1) is 5.69 Å². The van der Waals surface area contributed by atoms with Crippen molar-refractivity contribution in [2.45, 2.75) is 0 Å². The maximum absolute atomic E-state index is 11.9. The summed E-state index contributed by atoms with van der Waals surface area (Å²) in [4.78, 5) is 16.3. The highest BCUT2D eigenvalue weighted by Gasteiger charge is 2.16. The van der Waals surface area contributed by atoms with Gasteiger partial charge in [0, 0.05) is 10.9 Å². The number of aromatic nitrogens is 1. The Bertz CT molecular complexity index is 637. The molecule has 0 aliphatic carbocycles. The van der Waals surface area contributed by atoms with Crippen molar-refractivity contribution in [1.82, 2.24) is 4.98 Å². The second-order valence-corrected chi connectivity index (χ2v) is 4.92. The SMILES string of the molecule is O=C(Nc1nc(-c2ccccc2)cs1)C1=COCCO1. The minimum Gasteiger partial charge on any atom is -0.494 e. The third kappa shape index (κ3) is 2.80. The van der Waals surface area contributed by atoms with Gasteiger partial charge < -0.3 is 9.47 Å². The van der Waals surface area contributed by atoms with Gasteiger partial charge in [0.1, 0.15) is 19.5 Å². The summed E-state index contributed by atoms with van der Waals surface area (Å²) in [6.07, 6.45) is 1.32. The Morgan fingerprint density at radius 1 is 1.25 bits per heavy atom. The van der Waals surface area contributed by atoms with Crippen LogP contribution in [-0.2, 0) is 14.3 Å². The van der Waals surface area contributed by atoms with E-state index in [0.29, 0.717) is 18.3 Å². The molecule has 102 valence electrons. The number of thiazole rings is 1. The van der Waals surface area contributed by atoms with Crippen molar-refractivity contribution in [2.75, 3.05) is 18.5 Å². The summed E-state index contributed by atoms with van der Waals surface area (Å²) in [5, 5.41) is 5.13. The van der Waals surface area contributed by atoms with Crippen molar-refractivity contribution in [2.24, 2.45) is 0 Å². The van der Waals surface area contributed by atoms with Gasteiger partial charge in [-0.15, -0.1) is 11.3 Å². The Morgan fingerprint density at radius 3 is 2.85 bits per heavy atom. The van der Waals surface area contributed by atoms with E-state index in [0.717, 1.165) is 11.3 Å². The number of nitrogens with one attached hydrogen (secondary N) is 1. The minimum absolute atomic E-state index is 0.174. The van der Waals surface area contributed by atoms with E-state index in [9.17, 15) is 4.79 Å². The lowest BCUT2D eigenvalue weighted by atomic mass is 10.2. The zero-order valence-electron chi connectivity index (χ0n) is 10.5. The van der Waals surface area contributed by atoms with Gasteiger partial charge in [0.15, 0.2) is 5.13 Å². The molecule has 1 aliphatic rings. The fourth-order valence-corrected chi connectivity index (χ4v) is 2.43. The summed E-state index contributed by atoms with van der Waals surface area (Å²) in [6, 6.07) is 9.80. The number of benzene rings is 1. The normalized spacial score (nSPS) is 13.9. The molecule has 1 aromatic carbocycles. The zero-order valence-corrected chi connectivity index (χ0v) is 11.4. The summed E-state index contributed by atoms with van der Waals surface area (Å²) < 4.78 is 10.3. The van der Waals surface area contributed by atoms with E-state index in [1.165, 1.54) is 17.6 Å². The molecule has 2 heterocycles. The molecule has 1 aliphatic heterocycles. The van der Waals surface area contributed by atoms with E-state index in [4.69, 9.17) is 9.47 Å². The first kappa shape index (κ1) is 12.7. The quantitative estimate of drug-likeness (QED) is 0.943. The topological polar surface area (TPSA) is 60.5 Å². The number of hydrogen-bond donors (Lipinski definition) is 1. The molecule has 3 rings (SSSR count). The molecule has 0 spiro atoms. The van der Waals surface area contributed by atoms with Gasteiger partial charge in [-0.25, -0.2) is 4.98 Å². The highest BCUT2D eigenvalue weighted by Crippen LogP contribution is 2.25. The summed E-state index contributed by atoms with van der Waals surface area (Å²) in [7, 11) is 0. The predicted octanol–water partition coefficient (Wildman–Crippen LogP) is 2.64. The van der Waals surface area contributed by atoms with Crippen molar-refractivity contribution >= 4 is 22.4 Å². The van der Waals surface area contributed by atoms with E-state index in [1.807, 2.05) is 35.7 Å². The van der Waals surface area contributed by atoms with Gasteiger partial charge in [-0.1, -0.05) is 30.3 Å². The van der Waals surface area contributed by atoms with Gasteiger partial charge in [-0.2, -0.15) is 0 Å². The number of nitrogens with zero attached hydrogens (tertiary/aromatic N) is 1. The Labute approximate surface area is 119 Å². The first-order valence-corrected chi connectivity index (χ1v) is 6.98. The molecule has 0 atom stereocenters. The lowest BCUT2D eigenvalue weighted by Gasteiger charge is -2.14. The summed E-state index contributed by atoms with van der Waals surface area (Å²) in [5.41, 5.74) is 1.85. The molecule has 0 fully saturated rings. The molecule has 0 saturated heterocycles. The first-order chi connectivity index (χ1) is 9.83. The molecule has 0 bridgehead atoms. The van der Waals surface area contributed by atoms with Crippen LogP contribution in [0.2, 0.25) is 0 Å². The molecule has 0 saturated carbocycles. The first-order valence-electron chi connectivity index (χ1n) is 6.10. The van der Waals surface area contributed by atoms with Gasteiger partial charge in [0.25, 0.3) is 5.91 Å². The molecule has 0 unspecified atom stereocenters. The Balaban J connectivity index is 1.71. The maximum atomic E-state index is 11.9. The molecule has 0 radical (unpaired) electrons. The average molecular weight is 288 g/mol. The Morgan fingerprint density at radius 2 is 2.10 bits per heavy atom. The average Bonchev–Trinajstić information content (AvgIpc) is 2.97. The van der Waals surface area contributed by atoms with Crippen LogP contribution in [0.15, 0.2) is 47.7 Å². The molecule has 1 aromatic heterocycles. The van der Waals surface area contributed by atoms with Crippen molar-refractivity contribution < 1.29 is 14.3 Å². The lowest BCUT2D eigenvalue weighted by molar-refractivity contribution is -0.117. The largest absolute Gasteiger partial charge is 0.494 e. The number of hydrogen-bond acceptors (Lipinski definition) is 5. The van der Waals surface area contributed by atoms with Crippen LogP contribution < -0.4 is 5.32 Å². The van der Waals surface area contributed by atoms with Gasteiger partial charge in [0.2, 0.25) is 5.76 Å². The Kier molecular flexibility index (Phi) is 3.64. The van der Waals surface area contributed by atoms with Crippen LogP contribution in [0.1, 0.15) is 0 Å². The van der Waals surface area contributed by atoms with E-state index >= 15 is 0 Å². The van der Waals surface area contributed by atoms with Crippen molar-refractivity contribution in [3.63, 3.8) is 0 Å². The number of carbonyl (C=O) groups is 1. The van der Waals surface area contributed by atoms with Crippen LogP contribution in [0.3, 0.4) is 0 Å². The summed E-state index contributed by atoms with van der Waals surface area (Å²) in [5.74, 6) is -0.175. The van der Waals surface area contributed by atoms with Crippen molar-refractivity contribution in [3.05, 3.63) is 47.7 Å². The third-order valence-electron chi connectivity index (χ3n) is 2.67. The molecular formula is C14H12N2O3S. The summed E-state index contributed by atoms with van der Waals surface area (Å²) in [6.45, 7) is 0.846. The van der Waals surface area contributed by atoms with Crippen LogP contribution in [-0.4, -0.2) is 24.1 Å². The molecule has 5 nitrogen and oxygen atoms in total. The fraction of sp³-hybridized carbons (Fsp3) is 0.143. The lowest BCUT2D eigenvalue weighted by Crippen LogP contribution is -2.21. The fourth-order valence-electron chi connectivity index (χ4n) is 1.72. The molecule has 2 aromatic rings. The van der Waals surface area contributed by atoms with Crippen LogP contribution >= 0.6 is 11.3 Å². The standard InChI is InChI=1S/C14H12N2O3S/c17-13(12-8-18-6-7-19-12)16-14-15-11(9-20-14)10-4-2-1-3-5-10/h1-5,8-9H,6-7H2,(H,15,16,17). The molecular weight excluding hydrogens is 276 g/mol. The van der Waals surface area contributed by atoms with Crippen LogP contribution in [0.25, 0.3) is 11.3 Å². The third-order valence-corrected chi connectivity index (χ3v) is 3.42. The number of carbonyl (C=O) groups excluding carboxylic acids is 1. The van der Waals surface area contributed by atoms with Crippen molar-refractivity contribution in [1.29, 1.82) is 0 Å². The molecule has 20 heavy (non-hydrogen) atoms. The van der Waals surface area contributed by atoms with E-state index in [1.54, 1.807) is 0 Å². The highest BCUT2D eigenvalue weighted by molar-refractivity contribution is 7.14. The van der Waals surface area contributed by atoms with E-state index in [2.05, 4.69) is 10.3 Å². The van der Waals surface area contributed by atoms with Gasteiger partial charge in [-0.3, -0.25) is 10.1 Å². The number of anilines is 1. The minimum atomic E-state index is -0.348. The maximum Gasteiger partial charge on any atom is 0.295 e. The number of ether oxygens (including phenoxy) is 2. The number of amides is 1. The summed E-state index contributed by atoms with van der Waals surface area (Å²) >= 11 is 1.37. The Hall–Kier alpha value is -2.34. The molecule has 1 N–H and O–H groups in total. The smallest absolute Gasteiger partial charge is 0.295 e. The number of rotatable bonds is 3. The van der Waals surface area contributed by atoms with Crippen molar-refractivity contribution in [3.8, 4) is 11.3 Å². The molecule has 6 heteroatoms. The highest BCUT2D eigenvalue weighted by atomic mass is 32.1. The molecule has 1 amide bonds. The zero-order chi connectivity index (χ0) is 13.8. The van der Waals surface area contributed by atoms with E-state index in [-0.39, 0.29) is 11.7 Å². The second-order valence-electron chi connectivity index (χ2n) is 4.06.